The minimum absolute atomic E-state index is 0.0238. The number of carbonyl (C=O) groups is 1. The predicted molar refractivity (Wildman–Crippen MR) is 92.7 cm³/mol. The summed E-state index contributed by atoms with van der Waals surface area (Å²) in [6.45, 7) is 0. The van der Waals surface area contributed by atoms with Gasteiger partial charge in [-0.05, 0) is 35.4 Å². The minimum Gasteiger partial charge on any atom is -0.478 e. The van der Waals surface area contributed by atoms with E-state index in [1.165, 1.54) is 36.4 Å². The van der Waals surface area contributed by atoms with Gasteiger partial charge in [-0.15, -0.1) is 0 Å². The molecule has 2 aromatic rings. The number of hydrogen-bond donors (Lipinski definition) is 1. The number of allylic oxidation sites excluding steroid dienone is 1. The Kier molecular flexibility index (Phi) is 6.03. The van der Waals surface area contributed by atoms with Crippen molar-refractivity contribution in [3.8, 4) is 0 Å². The number of carboxylic acid groups (broad SMARTS) is 1. The summed E-state index contributed by atoms with van der Waals surface area (Å²) in [7, 11) is 0. The van der Waals surface area contributed by atoms with Gasteiger partial charge in [-0.3, -0.25) is 0 Å². The molecule has 0 saturated carbocycles. The van der Waals surface area contributed by atoms with Gasteiger partial charge in [0.25, 0.3) is 0 Å². The van der Waals surface area contributed by atoms with Crippen LogP contribution in [0.25, 0.3) is 6.08 Å². The van der Waals surface area contributed by atoms with Crippen molar-refractivity contribution in [3.63, 3.8) is 0 Å². The SMILES string of the molecule is O=C(O)c1ccc(/C=C/C(c2ccc(Cl)c(Cl)c2)C(F)(F)F)cc1Cl. The van der Waals surface area contributed by atoms with Gasteiger partial charge >= 0.3 is 12.1 Å². The van der Waals surface area contributed by atoms with Gasteiger partial charge in [-0.25, -0.2) is 4.79 Å². The molecule has 0 amide bonds. The van der Waals surface area contributed by atoms with Gasteiger partial charge in [0, 0.05) is 0 Å². The number of carboxylic acids is 1. The fourth-order valence-corrected chi connectivity index (χ4v) is 2.71. The molecule has 2 aromatic carbocycles. The highest BCUT2D eigenvalue weighted by atomic mass is 35.5. The minimum atomic E-state index is -4.54. The summed E-state index contributed by atoms with van der Waals surface area (Å²) >= 11 is 17.3. The second-order valence-electron chi connectivity index (χ2n) is 5.10. The molecule has 0 fully saturated rings. The number of rotatable bonds is 4. The number of benzene rings is 2. The standard InChI is InChI=1S/C17H10Cl3F3O2/c18-13-6-3-10(8-15(13)20)12(17(21,22)23)5-2-9-1-4-11(16(24)25)14(19)7-9/h1-8,12H,(H,24,25)/b5-2+. The Morgan fingerprint density at radius 3 is 2.20 bits per heavy atom. The highest BCUT2D eigenvalue weighted by Gasteiger charge is 2.39. The zero-order chi connectivity index (χ0) is 18.8. The van der Waals surface area contributed by atoms with Crippen LogP contribution in [0.2, 0.25) is 15.1 Å². The molecule has 0 saturated heterocycles. The Bertz CT molecular complexity index is 832. The highest BCUT2D eigenvalue weighted by molar-refractivity contribution is 6.42. The van der Waals surface area contributed by atoms with E-state index in [1.807, 2.05) is 0 Å². The number of hydrogen-bond acceptors (Lipinski definition) is 1. The van der Waals surface area contributed by atoms with Gasteiger partial charge in [0.05, 0.1) is 26.5 Å². The molecule has 0 heterocycles. The van der Waals surface area contributed by atoms with E-state index in [-0.39, 0.29) is 26.2 Å². The van der Waals surface area contributed by atoms with Crippen LogP contribution in [-0.4, -0.2) is 17.3 Å². The van der Waals surface area contributed by atoms with Crippen LogP contribution in [0, 0.1) is 0 Å². The summed E-state index contributed by atoms with van der Waals surface area (Å²) in [6, 6.07) is 7.58. The van der Waals surface area contributed by atoms with E-state index in [9.17, 15) is 18.0 Å². The maximum absolute atomic E-state index is 13.4. The number of aromatic carboxylic acids is 1. The van der Waals surface area contributed by atoms with Crippen molar-refractivity contribution >= 4 is 46.8 Å². The monoisotopic (exact) mass is 408 g/mol. The molecule has 0 aliphatic heterocycles. The topological polar surface area (TPSA) is 37.3 Å². The van der Waals surface area contributed by atoms with Gasteiger partial charge in [0.2, 0.25) is 0 Å². The van der Waals surface area contributed by atoms with Gasteiger partial charge < -0.3 is 5.11 Å². The van der Waals surface area contributed by atoms with E-state index in [0.29, 0.717) is 5.56 Å². The van der Waals surface area contributed by atoms with Crippen molar-refractivity contribution in [2.75, 3.05) is 0 Å². The van der Waals surface area contributed by atoms with E-state index in [0.717, 1.165) is 12.1 Å². The predicted octanol–water partition coefficient (Wildman–Crippen LogP) is 6.70. The van der Waals surface area contributed by atoms with Crippen LogP contribution in [0.15, 0.2) is 42.5 Å². The van der Waals surface area contributed by atoms with Crippen LogP contribution in [0.4, 0.5) is 13.2 Å². The average molecular weight is 410 g/mol. The Labute approximate surface area is 156 Å². The van der Waals surface area contributed by atoms with Gasteiger partial charge in [0.1, 0.15) is 0 Å². The quantitative estimate of drug-likeness (QED) is 0.610. The van der Waals surface area contributed by atoms with Crippen LogP contribution in [0.3, 0.4) is 0 Å². The Morgan fingerprint density at radius 1 is 1.00 bits per heavy atom. The summed E-state index contributed by atoms with van der Waals surface area (Å²) in [5.74, 6) is -3.12. The molecule has 0 aliphatic rings. The molecule has 1 unspecified atom stereocenters. The van der Waals surface area contributed by atoms with E-state index < -0.39 is 18.1 Å². The smallest absolute Gasteiger partial charge is 0.399 e. The maximum atomic E-state index is 13.4. The molecule has 2 nitrogen and oxygen atoms in total. The third-order valence-corrected chi connectivity index (χ3v) is 4.41. The Morgan fingerprint density at radius 2 is 1.68 bits per heavy atom. The number of halogens is 6. The summed E-state index contributed by atoms with van der Waals surface area (Å²) in [5, 5.41) is 9.02. The van der Waals surface area contributed by atoms with E-state index in [2.05, 4.69) is 0 Å². The molecule has 1 atom stereocenters. The largest absolute Gasteiger partial charge is 0.478 e. The van der Waals surface area contributed by atoms with Crippen molar-refractivity contribution in [3.05, 3.63) is 74.2 Å². The Hall–Kier alpha value is -1.69. The first-order valence-electron chi connectivity index (χ1n) is 6.82. The van der Waals surface area contributed by atoms with Gasteiger partial charge in [-0.1, -0.05) is 59.1 Å². The van der Waals surface area contributed by atoms with E-state index >= 15 is 0 Å². The molecule has 0 aliphatic carbocycles. The van der Waals surface area contributed by atoms with Crippen molar-refractivity contribution in [2.45, 2.75) is 12.1 Å². The van der Waals surface area contributed by atoms with Crippen LogP contribution >= 0.6 is 34.8 Å². The number of alkyl halides is 3. The summed E-state index contributed by atoms with van der Waals surface area (Å²) in [6.07, 6.45) is -2.37. The van der Waals surface area contributed by atoms with Crippen molar-refractivity contribution in [1.29, 1.82) is 0 Å². The first kappa shape index (κ1) is 19.6. The second-order valence-corrected chi connectivity index (χ2v) is 6.32. The molecule has 0 radical (unpaired) electrons. The summed E-state index contributed by atoms with van der Waals surface area (Å²) in [4.78, 5) is 10.9. The van der Waals surface area contributed by atoms with Gasteiger partial charge in [0.15, 0.2) is 0 Å². The fourth-order valence-electron chi connectivity index (χ4n) is 2.13. The summed E-state index contributed by atoms with van der Waals surface area (Å²) < 4.78 is 40.1. The average Bonchev–Trinajstić information content (AvgIpc) is 2.49. The van der Waals surface area contributed by atoms with Crippen LogP contribution in [0.5, 0.6) is 0 Å². The van der Waals surface area contributed by atoms with Crippen LogP contribution in [0.1, 0.15) is 27.4 Å². The lowest BCUT2D eigenvalue weighted by Gasteiger charge is -2.18. The lowest BCUT2D eigenvalue weighted by Crippen LogP contribution is -2.18. The molecule has 0 aromatic heterocycles. The maximum Gasteiger partial charge on any atom is 0.399 e. The van der Waals surface area contributed by atoms with E-state index in [1.54, 1.807) is 0 Å². The first-order valence-corrected chi connectivity index (χ1v) is 7.95. The normalized spacial score (nSPS) is 13.2. The first-order chi connectivity index (χ1) is 11.6. The van der Waals surface area contributed by atoms with Crippen molar-refractivity contribution < 1.29 is 23.1 Å². The van der Waals surface area contributed by atoms with Gasteiger partial charge in [-0.2, -0.15) is 13.2 Å². The Balaban J connectivity index is 2.37. The molecule has 0 spiro atoms. The van der Waals surface area contributed by atoms with Crippen molar-refractivity contribution in [1.82, 2.24) is 0 Å². The zero-order valence-corrected chi connectivity index (χ0v) is 14.6. The lowest BCUT2D eigenvalue weighted by molar-refractivity contribution is -0.139. The van der Waals surface area contributed by atoms with E-state index in [4.69, 9.17) is 39.9 Å². The molecule has 25 heavy (non-hydrogen) atoms. The third-order valence-electron chi connectivity index (χ3n) is 3.36. The van der Waals surface area contributed by atoms with Crippen LogP contribution in [-0.2, 0) is 0 Å². The molecular weight excluding hydrogens is 400 g/mol. The molecular formula is C17H10Cl3F3O2. The highest BCUT2D eigenvalue weighted by Crippen LogP contribution is 2.38. The third kappa shape index (κ3) is 4.91. The molecule has 132 valence electrons. The molecule has 0 bridgehead atoms. The van der Waals surface area contributed by atoms with Crippen LogP contribution < -0.4 is 0 Å². The fraction of sp³-hybridized carbons (Fsp3) is 0.118. The van der Waals surface area contributed by atoms with Crippen molar-refractivity contribution in [2.24, 2.45) is 0 Å². The molecule has 2 rings (SSSR count). The molecule has 1 N–H and O–H groups in total. The lowest BCUT2D eigenvalue weighted by atomic mass is 9.97. The summed E-state index contributed by atoms with van der Waals surface area (Å²) in [5.41, 5.74) is 0.145. The zero-order valence-electron chi connectivity index (χ0n) is 12.3. The molecule has 8 heteroatoms. The second kappa shape index (κ2) is 7.68.